The van der Waals surface area contributed by atoms with E-state index in [1.807, 2.05) is 0 Å². The highest BCUT2D eigenvalue weighted by atomic mass is 15.1. The van der Waals surface area contributed by atoms with Gasteiger partial charge in [-0.1, -0.05) is 200 Å². The first kappa shape index (κ1) is 35.5. The molecule has 13 rings (SSSR count). The lowest BCUT2D eigenvalue weighted by Gasteiger charge is -2.27. The van der Waals surface area contributed by atoms with Gasteiger partial charge in [0.2, 0.25) is 0 Å². The summed E-state index contributed by atoms with van der Waals surface area (Å²) in [4.78, 5) is 2.45. The van der Waals surface area contributed by atoms with Crippen molar-refractivity contribution in [2.75, 3.05) is 4.90 Å². The number of benzene rings is 12. The van der Waals surface area contributed by atoms with Gasteiger partial charge in [-0.15, -0.1) is 0 Å². The Morgan fingerprint density at radius 3 is 1.30 bits per heavy atom. The molecule has 0 saturated heterocycles. The van der Waals surface area contributed by atoms with Crippen LogP contribution in [0.5, 0.6) is 0 Å². The van der Waals surface area contributed by atoms with E-state index in [2.05, 4.69) is 241 Å². The van der Waals surface area contributed by atoms with Crippen molar-refractivity contribution in [3.8, 4) is 33.4 Å². The number of anilines is 3. The number of hydrogen-bond donors (Lipinski definition) is 0. The first-order valence-corrected chi connectivity index (χ1v) is 21.8. The van der Waals surface area contributed by atoms with Crippen LogP contribution in [0.25, 0.3) is 109 Å². The lowest BCUT2D eigenvalue weighted by molar-refractivity contribution is 1.29. The molecule has 1 heteroatoms. The van der Waals surface area contributed by atoms with Gasteiger partial charge in [0.15, 0.2) is 0 Å². The fourth-order valence-corrected chi connectivity index (χ4v) is 10.4. The molecule has 1 nitrogen and oxygen atoms in total. The highest BCUT2D eigenvalue weighted by Crippen LogP contribution is 2.47. The second-order valence-corrected chi connectivity index (χ2v) is 16.8. The molecule has 0 radical (unpaired) electrons. The average molecular weight is 798 g/mol. The van der Waals surface area contributed by atoms with Gasteiger partial charge in [0.05, 0.1) is 0 Å². The first-order valence-electron chi connectivity index (χ1n) is 21.8. The summed E-state index contributed by atoms with van der Waals surface area (Å²) >= 11 is 0. The molecule has 0 aromatic heterocycles. The van der Waals surface area contributed by atoms with Crippen LogP contribution in [0.3, 0.4) is 0 Å². The van der Waals surface area contributed by atoms with Gasteiger partial charge in [-0.25, -0.2) is 0 Å². The van der Waals surface area contributed by atoms with Crippen LogP contribution in [0.15, 0.2) is 237 Å². The molecule has 0 aliphatic carbocycles. The largest absolute Gasteiger partial charge is 0.310 e. The minimum atomic E-state index is 1.10. The number of fused-ring (bicyclic) bond motifs is 3. The third-order valence-corrected chi connectivity index (χ3v) is 13.3. The fraction of sp³-hybridized carbons (Fsp3) is 0. The van der Waals surface area contributed by atoms with Gasteiger partial charge >= 0.3 is 0 Å². The summed E-state index contributed by atoms with van der Waals surface area (Å²) in [6.07, 6.45) is 0. The molecule has 0 bridgehead atoms. The molecular weight excluding hydrogens is 759 g/mol. The van der Waals surface area contributed by atoms with Gasteiger partial charge in [-0.05, 0) is 145 Å². The van der Waals surface area contributed by atoms with Crippen molar-refractivity contribution < 1.29 is 0 Å². The lowest BCUT2D eigenvalue weighted by atomic mass is 9.87. The highest BCUT2D eigenvalue weighted by molar-refractivity contribution is 6.37. The van der Waals surface area contributed by atoms with Gasteiger partial charge in [0.25, 0.3) is 0 Å². The Morgan fingerprint density at radius 2 is 0.651 bits per heavy atom. The second-order valence-electron chi connectivity index (χ2n) is 16.8. The zero-order valence-electron chi connectivity index (χ0n) is 34.5. The standard InChI is InChI=1S/C62H39N/c1-2-11-40(12-3-1)41-25-27-42(28-26-41)43-33-35-50(36-34-43)63(51-19-6-18-48(37-51)54-21-7-14-44-13-4-5-20-53(44)54)52-38-49-32-31-47-16-9-23-56-55-22-8-15-45-29-30-46-17-10-24-57(61(46)59(45)55)58(39-52)62(49)60(47)56/h1-39H. The summed E-state index contributed by atoms with van der Waals surface area (Å²) in [6, 6.07) is 87.5. The minimum absolute atomic E-state index is 1.10. The van der Waals surface area contributed by atoms with Gasteiger partial charge < -0.3 is 4.90 Å². The van der Waals surface area contributed by atoms with Crippen LogP contribution in [0, 0.1) is 0 Å². The Hall–Kier alpha value is -8.26. The summed E-state index contributed by atoms with van der Waals surface area (Å²) in [5, 5.41) is 17.8. The van der Waals surface area contributed by atoms with Crippen LogP contribution in [0.2, 0.25) is 0 Å². The molecule has 63 heavy (non-hydrogen) atoms. The Morgan fingerprint density at radius 1 is 0.206 bits per heavy atom. The molecule has 0 N–H and O–H groups in total. The van der Waals surface area contributed by atoms with Crippen molar-refractivity contribution in [1.29, 1.82) is 0 Å². The fourth-order valence-electron chi connectivity index (χ4n) is 10.4. The second kappa shape index (κ2) is 14.2. The molecule has 13 aromatic rings. The predicted molar refractivity (Wildman–Crippen MR) is 271 cm³/mol. The summed E-state index contributed by atoms with van der Waals surface area (Å²) in [7, 11) is 0. The van der Waals surface area contributed by atoms with Gasteiger partial charge in [-0.3, -0.25) is 0 Å². The molecule has 0 spiro atoms. The Balaban J connectivity index is 1.07. The monoisotopic (exact) mass is 797 g/mol. The topological polar surface area (TPSA) is 3.24 Å². The molecule has 292 valence electrons. The molecule has 0 saturated carbocycles. The van der Waals surface area contributed by atoms with Crippen LogP contribution in [0.4, 0.5) is 17.1 Å². The zero-order chi connectivity index (χ0) is 41.4. The van der Waals surface area contributed by atoms with Crippen molar-refractivity contribution in [2.24, 2.45) is 0 Å². The van der Waals surface area contributed by atoms with E-state index in [4.69, 9.17) is 0 Å². The summed E-state index contributed by atoms with van der Waals surface area (Å²) in [6.45, 7) is 0. The molecule has 0 aliphatic heterocycles. The third kappa shape index (κ3) is 5.71. The molecule has 0 fully saturated rings. The van der Waals surface area contributed by atoms with Crippen molar-refractivity contribution in [3.63, 3.8) is 0 Å². The van der Waals surface area contributed by atoms with E-state index >= 15 is 0 Å². The first-order chi connectivity index (χ1) is 31.2. The molecule has 0 unspecified atom stereocenters. The van der Waals surface area contributed by atoms with E-state index in [-0.39, 0.29) is 0 Å². The Labute approximate surface area is 365 Å². The summed E-state index contributed by atoms with van der Waals surface area (Å²) in [5.74, 6) is 0. The van der Waals surface area contributed by atoms with Crippen molar-refractivity contribution in [2.45, 2.75) is 0 Å². The van der Waals surface area contributed by atoms with Gasteiger partial charge in [0, 0.05) is 17.1 Å². The number of nitrogens with zero attached hydrogens (tertiary/aromatic N) is 1. The van der Waals surface area contributed by atoms with Crippen LogP contribution in [0.1, 0.15) is 0 Å². The van der Waals surface area contributed by atoms with Crippen molar-refractivity contribution in [1.82, 2.24) is 0 Å². The summed E-state index contributed by atoms with van der Waals surface area (Å²) in [5.41, 5.74) is 10.5. The van der Waals surface area contributed by atoms with E-state index in [9.17, 15) is 0 Å². The van der Waals surface area contributed by atoms with Crippen LogP contribution in [-0.2, 0) is 0 Å². The van der Waals surface area contributed by atoms with E-state index < -0.39 is 0 Å². The maximum atomic E-state index is 2.46. The van der Waals surface area contributed by atoms with E-state index in [0.29, 0.717) is 0 Å². The zero-order valence-corrected chi connectivity index (χ0v) is 34.5. The maximum Gasteiger partial charge on any atom is 0.0474 e. The smallest absolute Gasteiger partial charge is 0.0474 e. The Kier molecular flexibility index (Phi) is 7.98. The molecule has 13 aromatic carbocycles. The van der Waals surface area contributed by atoms with E-state index in [1.165, 1.54) is 109 Å². The van der Waals surface area contributed by atoms with Crippen LogP contribution < -0.4 is 4.90 Å². The van der Waals surface area contributed by atoms with Crippen molar-refractivity contribution in [3.05, 3.63) is 237 Å². The molecule has 0 heterocycles. The quantitative estimate of drug-likeness (QED) is 0.152. The Bertz CT molecular complexity index is 3870. The van der Waals surface area contributed by atoms with Gasteiger partial charge in [0.1, 0.15) is 0 Å². The molecule has 0 aliphatic rings. The minimum Gasteiger partial charge on any atom is -0.310 e. The maximum absolute atomic E-state index is 2.46. The number of hydrogen-bond acceptors (Lipinski definition) is 1. The highest BCUT2D eigenvalue weighted by Gasteiger charge is 2.20. The molecule has 0 amide bonds. The van der Waals surface area contributed by atoms with Crippen LogP contribution in [-0.4, -0.2) is 0 Å². The van der Waals surface area contributed by atoms with Crippen LogP contribution >= 0.6 is 0 Å². The predicted octanol–water partition coefficient (Wildman–Crippen LogP) is 17.7. The average Bonchev–Trinajstić information content (AvgIpc) is 3.35. The lowest BCUT2D eigenvalue weighted by Crippen LogP contribution is -2.10. The van der Waals surface area contributed by atoms with E-state index in [0.717, 1.165) is 17.1 Å². The number of rotatable bonds is 6. The SMILES string of the molecule is c1ccc(-c2ccc(-c3ccc(N(c4cccc(-c5cccc6ccccc56)c4)c4cc5ccc6cccc7c8cccc9ccc%10cccc(c(c4)c5c67)c%10c98)cc3)cc2)cc1. The van der Waals surface area contributed by atoms with Crippen molar-refractivity contribution >= 4 is 92.5 Å². The summed E-state index contributed by atoms with van der Waals surface area (Å²) < 4.78 is 0. The third-order valence-electron chi connectivity index (χ3n) is 13.3. The molecular formula is C62H39N. The normalized spacial score (nSPS) is 11.8. The van der Waals surface area contributed by atoms with Gasteiger partial charge in [-0.2, -0.15) is 0 Å². The van der Waals surface area contributed by atoms with E-state index in [1.54, 1.807) is 0 Å². The molecule has 0 atom stereocenters.